The van der Waals surface area contributed by atoms with Gasteiger partial charge in [0.2, 0.25) is 5.91 Å². The van der Waals surface area contributed by atoms with Crippen LogP contribution in [0, 0.1) is 62.1 Å². The molecule has 0 saturated heterocycles. The molecule has 8 nitrogen and oxygen atoms in total. The molecule has 0 spiro atoms. The minimum absolute atomic E-state index is 0.00291. The second kappa shape index (κ2) is 14.7. The number of hydrogen-bond donors (Lipinski definition) is 2. The number of carboxylic acid groups (broad SMARTS) is 1. The van der Waals surface area contributed by atoms with Crippen LogP contribution in [0.3, 0.4) is 0 Å². The van der Waals surface area contributed by atoms with E-state index >= 15 is 0 Å². The fourth-order valence-corrected chi connectivity index (χ4v) is 13.7. The number of ether oxygens (including phenoxy) is 1. The Hall–Kier alpha value is -3.00. The van der Waals surface area contributed by atoms with Gasteiger partial charge in [-0.1, -0.05) is 98.2 Å². The zero-order valence-electron chi connectivity index (χ0n) is 36.3. The molecular formula is C48H71NO7. The quantitative estimate of drug-likeness (QED) is 0.215. The van der Waals surface area contributed by atoms with Crippen LogP contribution < -0.4 is 0 Å². The molecule has 6 rings (SSSR count). The Labute approximate surface area is 336 Å². The number of hydrogen-bond acceptors (Lipinski definition) is 6. The normalized spacial score (nSPS) is 35.6. The number of allylic oxidation sites excluding steroid dienone is 1. The third-order valence-electron chi connectivity index (χ3n) is 16.9. The van der Waals surface area contributed by atoms with Crippen LogP contribution in [-0.4, -0.2) is 57.5 Å². The molecule has 4 saturated carbocycles. The molecule has 5 aliphatic rings. The molecule has 310 valence electrons. The molecule has 9 atom stereocenters. The maximum atomic E-state index is 14.3. The van der Waals surface area contributed by atoms with Crippen molar-refractivity contribution in [3.8, 4) is 0 Å². The average molecular weight is 774 g/mol. The average Bonchev–Trinajstić information content (AvgIpc) is 3.42. The maximum Gasteiger partial charge on any atom is 0.309 e. The highest BCUT2D eigenvalue weighted by Crippen LogP contribution is 2.77. The summed E-state index contributed by atoms with van der Waals surface area (Å²) in [5.41, 5.74) is 0.970. The molecule has 0 aromatic heterocycles. The Morgan fingerprint density at radius 3 is 2.14 bits per heavy atom. The van der Waals surface area contributed by atoms with Crippen LogP contribution in [0.2, 0.25) is 0 Å². The predicted octanol–water partition coefficient (Wildman–Crippen LogP) is 9.43. The van der Waals surface area contributed by atoms with E-state index in [-0.39, 0.29) is 70.2 Å². The Balaban J connectivity index is 1.30. The number of carbonyl (C=O) groups is 4. The van der Waals surface area contributed by atoms with E-state index in [0.29, 0.717) is 24.8 Å². The molecule has 0 heterocycles. The third-order valence-corrected chi connectivity index (χ3v) is 16.9. The van der Waals surface area contributed by atoms with E-state index in [0.717, 1.165) is 62.5 Å². The zero-order chi connectivity index (χ0) is 41.4. The molecule has 2 unspecified atom stereocenters. The van der Waals surface area contributed by atoms with Crippen molar-refractivity contribution in [3.63, 3.8) is 0 Å². The summed E-state index contributed by atoms with van der Waals surface area (Å²) >= 11 is 0. The van der Waals surface area contributed by atoms with Crippen LogP contribution >= 0.6 is 0 Å². The summed E-state index contributed by atoms with van der Waals surface area (Å²) in [5, 5.41) is 22.2. The van der Waals surface area contributed by atoms with Crippen molar-refractivity contribution in [3.05, 3.63) is 47.0 Å². The third kappa shape index (κ3) is 6.70. The van der Waals surface area contributed by atoms with E-state index in [4.69, 9.17) is 4.74 Å². The van der Waals surface area contributed by atoms with Gasteiger partial charge in [-0.2, -0.15) is 0 Å². The molecule has 4 fully saturated rings. The highest BCUT2D eigenvalue weighted by molar-refractivity contribution is 6.00. The molecule has 8 heteroatoms. The van der Waals surface area contributed by atoms with Crippen molar-refractivity contribution < 1.29 is 34.1 Å². The highest BCUT2D eigenvalue weighted by Gasteiger charge is 2.71. The minimum atomic E-state index is -1.18. The Morgan fingerprint density at radius 1 is 0.875 bits per heavy atom. The van der Waals surface area contributed by atoms with Crippen LogP contribution in [-0.2, 0) is 30.5 Å². The van der Waals surface area contributed by atoms with Gasteiger partial charge in [0.25, 0.3) is 0 Å². The second-order valence-electron chi connectivity index (χ2n) is 21.4. The highest BCUT2D eigenvalue weighted by atomic mass is 16.5. The summed E-state index contributed by atoms with van der Waals surface area (Å²) in [6.07, 6.45) is 6.47. The smallest absolute Gasteiger partial charge is 0.309 e. The molecule has 0 aliphatic heterocycles. The first-order chi connectivity index (χ1) is 26.0. The number of rotatable bonds is 11. The van der Waals surface area contributed by atoms with E-state index < -0.39 is 28.9 Å². The lowest BCUT2D eigenvalue weighted by Crippen LogP contribution is -2.66. The van der Waals surface area contributed by atoms with Crippen molar-refractivity contribution in [2.75, 3.05) is 6.54 Å². The van der Waals surface area contributed by atoms with Crippen molar-refractivity contribution in [2.45, 2.75) is 159 Å². The van der Waals surface area contributed by atoms with E-state index in [2.05, 4.69) is 48.5 Å². The lowest BCUT2D eigenvalue weighted by molar-refractivity contribution is -0.235. The number of nitrogens with zero attached hydrogens (tertiary/aromatic N) is 1. The van der Waals surface area contributed by atoms with Gasteiger partial charge in [0.1, 0.15) is 6.10 Å². The van der Waals surface area contributed by atoms with Crippen LogP contribution in [0.1, 0.15) is 146 Å². The molecule has 5 aliphatic carbocycles. The first-order valence-corrected chi connectivity index (χ1v) is 21.7. The van der Waals surface area contributed by atoms with Crippen LogP contribution in [0.5, 0.6) is 0 Å². The molecule has 0 radical (unpaired) electrons. The molecular weight excluding hydrogens is 703 g/mol. The Morgan fingerprint density at radius 2 is 1.54 bits per heavy atom. The lowest BCUT2D eigenvalue weighted by atomic mass is 9.33. The minimum Gasteiger partial charge on any atom is -0.481 e. The number of aliphatic hydroxyl groups is 1. The van der Waals surface area contributed by atoms with Crippen molar-refractivity contribution in [1.29, 1.82) is 0 Å². The number of Topliss-reactive ketones (excluding diaryl/α,β-unsaturated/α-hetero) is 1. The Bertz CT molecular complexity index is 1740. The molecule has 2 N–H and O–H groups in total. The largest absolute Gasteiger partial charge is 0.481 e. The standard InChI is InChI=1S/C48H71NO7/c1-29(2)39-33(50)25-48(36(51)28-49(41(53)30(3)4)27-31-15-13-12-14-16-31)24-23-46(10)32(40(39)48)17-18-35-45(9)21-20-37(56-38(52)26-43(5,6)42(54)55)44(7,8)34(45)19-22-47(35,46)11/h12-16,29-30,32,34-37,51H,17-28H2,1-11H3,(H,54,55)/t32-,34+,35-,36?,37+,45+,46-,47-,48?/m1/s1. The predicted molar refractivity (Wildman–Crippen MR) is 218 cm³/mol. The first-order valence-electron chi connectivity index (χ1n) is 21.7. The van der Waals surface area contributed by atoms with Gasteiger partial charge in [0, 0.05) is 36.3 Å². The van der Waals surface area contributed by atoms with Gasteiger partial charge in [-0.05, 0) is 116 Å². The first kappa shape index (κ1) is 42.6. The molecule has 1 aromatic carbocycles. The molecule has 56 heavy (non-hydrogen) atoms. The van der Waals surface area contributed by atoms with Gasteiger partial charge >= 0.3 is 11.9 Å². The van der Waals surface area contributed by atoms with E-state index in [1.165, 1.54) is 5.57 Å². The molecule has 1 amide bonds. The summed E-state index contributed by atoms with van der Waals surface area (Å²) < 4.78 is 6.18. The van der Waals surface area contributed by atoms with E-state index in [9.17, 15) is 29.4 Å². The van der Waals surface area contributed by atoms with Gasteiger partial charge < -0.3 is 19.8 Å². The number of carbonyl (C=O) groups excluding carboxylic acids is 3. The number of carboxylic acids is 1. The van der Waals surface area contributed by atoms with Crippen LogP contribution in [0.15, 0.2) is 41.5 Å². The van der Waals surface area contributed by atoms with Gasteiger partial charge in [-0.25, -0.2) is 0 Å². The summed E-state index contributed by atoms with van der Waals surface area (Å²) in [4.78, 5) is 54.7. The number of benzene rings is 1. The van der Waals surface area contributed by atoms with Gasteiger partial charge in [0.15, 0.2) is 5.78 Å². The second-order valence-corrected chi connectivity index (χ2v) is 21.4. The van der Waals surface area contributed by atoms with Crippen molar-refractivity contribution in [1.82, 2.24) is 4.90 Å². The van der Waals surface area contributed by atoms with E-state index in [1.54, 1.807) is 13.8 Å². The summed E-state index contributed by atoms with van der Waals surface area (Å²) in [6.45, 7) is 23.9. The number of esters is 1. The van der Waals surface area contributed by atoms with Crippen molar-refractivity contribution in [2.24, 2.45) is 62.1 Å². The molecule has 1 aromatic rings. The maximum absolute atomic E-state index is 14.3. The van der Waals surface area contributed by atoms with Gasteiger partial charge in [-0.15, -0.1) is 0 Å². The fraction of sp³-hybridized carbons (Fsp3) is 0.750. The number of aliphatic hydroxyl groups excluding tert-OH is 1. The van der Waals surface area contributed by atoms with Gasteiger partial charge in [-0.3, -0.25) is 19.2 Å². The topological polar surface area (TPSA) is 121 Å². The number of ketones is 1. The Kier molecular flexibility index (Phi) is 11.2. The number of aliphatic carboxylic acids is 1. The number of fused-ring (bicyclic) bond motifs is 7. The monoisotopic (exact) mass is 774 g/mol. The summed E-state index contributed by atoms with van der Waals surface area (Å²) in [7, 11) is 0. The fourth-order valence-electron chi connectivity index (χ4n) is 13.7. The van der Waals surface area contributed by atoms with Gasteiger partial charge in [0.05, 0.1) is 17.9 Å². The van der Waals surface area contributed by atoms with Crippen LogP contribution in [0.4, 0.5) is 0 Å². The zero-order valence-corrected chi connectivity index (χ0v) is 36.3. The summed E-state index contributed by atoms with van der Waals surface area (Å²) in [5.74, 6) is -0.466. The molecule has 0 bridgehead atoms. The number of amides is 1. The lowest BCUT2D eigenvalue weighted by Gasteiger charge is -2.72. The SMILES string of the molecule is CC(C)C(=O)N(Cc1ccccc1)CC(O)C12CC[C@]3(C)[C@H](CC[C@@H]4[C@@]5(C)CC[C@H](OC(=O)CC(C)(C)C(=O)O)C(C)(C)[C@@H]5CC[C@]43C)C1=C(C(C)C)C(=O)C2. The van der Waals surface area contributed by atoms with Crippen molar-refractivity contribution >= 4 is 23.6 Å². The van der Waals surface area contributed by atoms with Crippen LogP contribution in [0.25, 0.3) is 0 Å². The summed E-state index contributed by atoms with van der Waals surface area (Å²) in [6, 6.07) is 9.98. The van der Waals surface area contributed by atoms with E-state index in [1.807, 2.05) is 49.1 Å².